The van der Waals surface area contributed by atoms with E-state index in [0.717, 1.165) is 19.4 Å². The molecule has 0 aromatic heterocycles. The molecular weight excluding hydrogens is 268 g/mol. The van der Waals surface area contributed by atoms with E-state index >= 15 is 0 Å². The van der Waals surface area contributed by atoms with E-state index in [1.165, 1.54) is 31.4 Å². The van der Waals surface area contributed by atoms with E-state index in [9.17, 15) is 9.59 Å². The summed E-state index contributed by atoms with van der Waals surface area (Å²) in [6.07, 6.45) is 5.87. The number of carboxylic acids is 1. The molecule has 1 aliphatic carbocycles. The lowest BCUT2D eigenvalue weighted by Gasteiger charge is -2.37. The van der Waals surface area contributed by atoms with Crippen molar-refractivity contribution in [3.8, 4) is 0 Å². The highest BCUT2D eigenvalue weighted by Gasteiger charge is 2.37. The quantitative estimate of drug-likeness (QED) is 0.878. The van der Waals surface area contributed by atoms with Gasteiger partial charge in [0.1, 0.15) is 0 Å². The fraction of sp³-hybridized carbons (Fsp3) is 0.500. The second-order valence-electron chi connectivity index (χ2n) is 5.91. The smallest absolute Gasteiger partial charge is 0.335 e. The predicted molar refractivity (Wildman–Crippen MR) is 79.5 cm³/mol. The summed E-state index contributed by atoms with van der Waals surface area (Å²) in [6.45, 7) is 0.820. The summed E-state index contributed by atoms with van der Waals surface area (Å²) in [5, 5.41) is 11.8. The zero-order valence-corrected chi connectivity index (χ0v) is 11.9. The zero-order chi connectivity index (χ0) is 14.8. The number of carbonyl (C=O) groups excluding carboxylic acids is 1. The monoisotopic (exact) mass is 288 g/mol. The molecular formula is C16H20N2O3. The Bertz CT molecular complexity index is 541. The lowest BCUT2D eigenvalue weighted by atomic mass is 9.92. The van der Waals surface area contributed by atoms with E-state index < -0.39 is 5.97 Å². The summed E-state index contributed by atoms with van der Waals surface area (Å²) in [5.41, 5.74) is 0.868. The van der Waals surface area contributed by atoms with Gasteiger partial charge in [0, 0.05) is 18.3 Å². The van der Waals surface area contributed by atoms with E-state index in [4.69, 9.17) is 5.11 Å². The molecule has 1 saturated carbocycles. The third-order valence-corrected chi connectivity index (χ3v) is 4.64. The minimum Gasteiger partial charge on any atom is -0.478 e. The fourth-order valence-corrected chi connectivity index (χ4v) is 3.60. The second-order valence-corrected chi connectivity index (χ2v) is 5.91. The Balaban J connectivity index is 1.66. The van der Waals surface area contributed by atoms with Gasteiger partial charge in [0.15, 0.2) is 0 Å². The minimum absolute atomic E-state index is 0.0605. The van der Waals surface area contributed by atoms with Gasteiger partial charge in [-0.05, 0) is 55.9 Å². The van der Waals surface area contributed by atoms with Gasteiger partial charge in [-0.2, -0.15) is 0 Å². The Labute approximate surface area is 123 Å². The van der Waals surface area contributed by atoms with Crippen LogP contribution in [0.1, 0.15) is 42.5 Å². The van der Waals surface area contributed by atoms with Crippen molar-refractivity contribution in [1.82, 2.24) is 4.90 Å². The Morgan fingerprint density at radius 2 is 1.81 bits per heavy atom. The first-order chi connectivity index (χ1) is 10.1. The minimum atomic E-state index is -0.960. The van der Waals surface area contributed by atoms with E-state index in [-0.39, 0.29) is 11.6 Å². The van der Waals surface area contributed by atoms with Gasteiger partial charge >= 0.3 is 12.0 Å². The summed E-state index contributed by atoms with van der Waals surface area (Å²) in [7, 11) is 0. The van der Waals surface area contributed by atoms with Crippen LogP contribution in [0.5, 0.6) is 0 Å². The molecule has 2 atom stereocenters. The molecule has 0 spiro atoms. The molecule has 2 fully saturated rings. The molecule has 21 heavy (non-hydrogen) atoms. The number of piperidine rings is 1. The van der Waals surface area contributed by atoms with Gasteiger partial charge in [-0.25, -0.2) is 9.59 Å². The first-order valence-corrected chi connectivity index (χ1v) is 7.56. The third-order valence-electron chi connectivity index (χ3n) is 4.64. The van der Waals surface area contributed by atoms with Gasteiger partial charge in [-0.3, -0.25) is 0 Å². The molecule has 0 radical (unpaired) electrons. The maximum Gasteiger partial charge on any atom is 0.335 e. The largest absolute Gasteiger partial charge is 0.478 e. The van der Waals surface area contributed by atoms with Crippen molar-refractivity contribution in [2.24, 2.45) is 5.92 Å². The van der Waals surface area contributed by atoms with Crippen molar-refractivity contribution < 1.29 is 14.7 Å². The maximum atomic E-state index is 12.4. The summed E-state index contributed by atoms with van der Waals surface area (Å²) in [6, 6.07) is 6.61. The molecule has 5 nitrogen and oxygen atoms in total. The molecule has 3 rings (SSSR count). The molecule has 1 saturated heterocycles. The average Bonchev–Trinajstić information content (AvgIpc) is 2.96. The molecule has 0 bridgehead atoms. The molecule has 5 heteroatoms. The Morgan fingerprint density at radius 1 is 1.10 bits per heavy atom. The number of anilines is 1. The van der Waals surface area contributed by atoms with Crippen LogP contribution in [0.3, 0.4) is 0 Å². The molecule has 2 amide bonds. The molecule has 1 aromatic rings. The zero-order valence-electron chi connectivity index (χ0n) is 11.9. The predicted octanol–water partition coefficient (Wildman–Crippen LogP) is 3.18. The van der Waals surface area contributed by atoms with Gasteiger partial charge in [0.2, 0.25) is 0 Å². The number of benzene rings is 1. The van der Waals surface area contributed by atoms with Crippen molar-refractivity contribution in [2.45, 2.75) is 38.1 Å². The highest BCUT2D eigenvalue weighted by atomic mass is 16.4. The van der Waals surface area contributed by atoms with Crippen LogP contribution in [0.15, 0.2) is 24.3 Å². The number of amides is 2. The number of carboxylic acid groups (broad SMARTS) is 1. The topological polar surface area (TPSA) is 69.6 Å². The highest BCUT2D eigenvalue weighted by Crippen LogP contribution is 2.36. The number of hydrogen-bond donors (Lipinski definition) is 2. The molecule has 2 unspecified atom stereocenters. The van der Waals surface area contributed by atoms with E-state index in [1.807, 2.05) is 4.90 Å². The summed E-state index contributed by atoms with van der Waals surface area (Å²) < 4.78 is 0. The van der Waals surface area contributed by atoms with Crippen LogP contribution in [-0.4, -0.2) is 34.6 Å². The summed E-state index contributed by atoms with van der Waals surface area (Å²) in [4.78, 5) is 25.2. The van der Waals surface area contributed by atoms with Crippen molar-refractivity contribution in [2.75, 3.05) is 11.9 Å². The standard InChI is InChI=1S/C16H20N2O3/c19-15(20)12-6-8-13(9-7-12)17-16(21)18-10-2-4-11-3-1-5-14(11)18/h6-9,11,14H,1-5,10H2,(H,17,21)(H,19,20). The number of hydrogen-bond acceptors (Lipinski definition) is 2. The number of urea groups is 1. The number of nitrogens with zero attached hydrogens (tertiary/aromatic N) is 1. The highest BCUT2D eigenvalue weighted by molar-refractivity contribution is 5.91. The first kappa shape index (κ1) is 13.9. The molecule has 112 valence electrons. The number of aromatic carboxylic acids is 1. The Morgan fingerprint density at radius 3 is 2.52 bits per heavy atom. The van der Waals surface area contributed by atoms with Crippen LogP contribution in [0, 0.1) is 5.92 Å². The fourth-order valence-electron chi connectivity index (χ4n) is 3.60. The van der Waals surface area contributed by atoms with Gasteiger partial charge < -0.3 is 15.3 Å². The molecule has 1 aliphatic heterocycles. The molecule has 2 N–H and O–H groups in total. The summed E-state index contributed by atoms with van der Waals surface area (Å²) in [5.74, 6) is -0.295. The molecule has 1 heterocycles. The van der Waals surface area contributed by atoms with Crippen LogP contribution >= 0.6 is 0 Å². The van der Waals surface area contributed by atoms with Gasteiger partial charge in [0.05, 0.1) is 5.56 Å². The maximum absolute atomic E-state index is 12.4. The average molecular weight is 288 g/mol. The van der Waals surface area contributed by atoms with Crippen LogP contribution in [-0.2, 0) is 0 Å². The van der Waals surface area contributed by atoms with Gasteiger partial charge in [-0.1, -0.05) is 6.42 Å². The number of fused-ring (bicyclic) bond motifs is 1. The van der Waals surface area contributed by atoms with Crippen LogP contribution in [0.25, 0.3) is 0 Å². The van der Waals surface area contributed by atoms with E-state index in [0.29, 0.717) is 17.6 Å². The van der Waals surface area contributed by atoms with Gasteiger partial charge in [-0.15, -0.1) is 0 Å². The van der Waals surface area contributed by atoms with Gasteiger partial charge in [0.25, 0.3) is 0 Å². The van der Waals surface area contributed by atoms with E-state index in [2.05, 4.69) is 5.32 Å². The normalized spacial score (nSPS) is 24.5. The van der Waals surface area contributed by atoms with Crippen LogP contribution in [0.2, 0.25) is 0 Å². The number of carbonyl (C=O) groups is 2. The third kappa shape index (κ3) is 2.86. The van der Waals surface area contributed by atoms with Crippen LogP contribution in [0.4, 0.5) is 10.5 Å². The Hall–Kier alpha value is -2.04. The first-order valence-electron chi connectivity index (χ1n) is 7.56. The second kappa shape index (κ2) is 5.76. The number of nitrogens with one attached hydrogen (secondary N) is 1. The lowest BCUT2D eigenvalue weighted by Crippen LogP contribution is -2.48. The van der Waals surface area contributed by atoms with Crippen molar-refractivity contribution in [3.63, 3.8) is 0 Å². The van der Waals surface area contributed by atoms with Crippen molar-refractivity contribution >= 4 is 17.7 Å². The number of rotatable bonds is 2. The SMILES string of the molecule is O=C(O)c1ccc(NC(=O)N2CCCC3CCCC32)cc1. The Kier molecular flexibility index (Phi) is 3.82. The van der Waals surface area contributed by atoms with Crippen molar-refractivity contribution in [1.29, 1.82) is 0 Å². The molecule has 2 aliphatic rings. The molecule has 1 aromatic carbocycles. The van der Waals surface area contributed by atoms with Crippen molar-refractivity contribution in [3.05, 3.63) is 29.8 Å². The number of likely N-dealkylation sites (tertiary alicyclic amines) is 1. The summed E-state index contributed by atoms with van der Waals surface area (Å²) >= 11 is 0. The van der Waals surface area contributed by atoms with E-state index in [1.54, 1.807) is 12.1 Å². The van der Waals surface area contributed by atoms with Crippen LogP contribution < -0.4 is 5.32 Å². The lowest BCUT2D eigenvalue weighted by molar-refractivity contribution is 0.0697.